The first-order chi connectivity index (χ1) is 9.35. The molecule has 0 spiro atoms. The van der Waals surface area contributed by atoms with Gasteiger partial charge in [-0.2, -0.15) is 0 Å². The number of amidine groups is 1. The van der Waals surface area contributed by atoms with Gasteiger partial charge in [0.25, 0.3) is 0 Å². The van der Waals surface area contributed by atoms with Crippen LogP contribution in [0.15, 0.2) is 11.3 Å². The van der Waals surface area contributed by atoms with Crippen molar-refractivity contribution in [1.29, 1.82) is 0 Å². The molecular weight excluding hydrogens is 324 g/mol. The van der Waals surface area contributed by atoms with Crippen molar-refractivity contribution >= 4 is 45.8 Å². The zero-order chi connectivity index (χ0) is 15.3. The number of nitro groups is 1. The van der Waals surface area contributed by atoms with Crippen LogP contribution >= 0.6 is 34.7 Å². The van der Waals surface area contributed by atoms with E-state index in [0.29, 0.717) is 4.47 Å². The monoisotopic (exact) mass is 336 g/mol. The molecule has 0 unspecified atom stereocenters. The van der Waals surface area contributed by atoms with E-state index in [-0.39, 0.29) is 23.5 Å². The second kappa shape index (κ2) is 7.55. The minimum absolute atomic E-state index is 0.0400. The van der Waals surface area contributed by atoms with Gasteiger partial charge in [0.05, 0.1) is 11.6 Å². The summed E-state index contributed by atoms with van der Waals surface area (Å²) in [5.74, 6) is -0.549. The van der Waals surface area contributed by atoms with Crippen LogP contribution in [0, 0.1) is 16.0 Å². The molecule has 20 heavy (non-hydrogen) atoms. The number of hydrogen-bond donors (Lipinski definition) is 0. The third-order valence-electron chi connectivity index (χ3n) is 2.18. The van der Waals surface area contributed by atoms with Crippen LogP contribution < -0.4 is 0 Å². The highest BCUT2D eigenvalue weighted by atomic mass is 35.5. The summed E-state index contributed by atoms with van der Waals surface area (Å²) in [4.78, 5) is 28.7. The van der Waals surface area contributed by atoms with Crippen molar-refractivity contribution in [2.75, 3.05) is 6.26 Å². The Labute approximate surface area is 129 Å². The van der Waals surface area contributed by atoms with E-state index in [1.807, 2.05) is 0 Å². The van der Waals surface area contributed by atoms with E-state index >= 15 is 0 Å². The summed E-state index contributed by atoms with van der Waals surface area (Å²) in [5, 5.41) is 13.0. The summed E-state index contributed by atoms with van der Waals surface area (Å²) in [7, 11) is 0. The van der Waals surface area contributed by atoms with Gasteiger partial charge >= 0.3 is 0 Å². The Hall–Kier alpha value is -1.19. The molecule has 1 rings (SSSR count). The fourth-order valence-corrected chi connectivity index (χ4v) is 2.83. The average molecular weight is 337 g/mol. The highest BCUT2D eigenvalue weighted by Crippen LogP contribution is 2.22. The normalized spacial score (nSPS) is 11.8. The molecule has 1 heterocycles. The van der Waals surface area contributed by atoms with Crippen LogP contribution in [0.25, 0.3) is 0 Å². The topological polar surface area (TPSA) is 88.7 Å². The van der Waals surface area contributed by atoms with Gasteiger partial charge in [-0.25, -0.2) is 15.1 Å². The molecule has 1 aromatic rings. The smallest absolute Gasteiger partial charge is 0.244 e. The number of rotatable bonds is 4. The number of thioether (sulfide) groups is 1. The Morgan fingerprint density at radius 1 is 1.70 bits per heavy atom. The lowest BCUT2D eigenvalue weighted by Crippen LogP contribution is -2.37. The van der Waals surface area contributed by atoms with Crippen LogP contribution in [-0.4, -0.2) is 32.2 Å². The summed E-state index contributed by atoms with van der Waals surface area (Å²) in [6, 6.07) is 0. The van der Waals surface area contributed by atoms with E-state index in [1.54, 1.807) is 20.1 Å². The second-order valence-electron chi connectivity index (χ2n) is 3.98. The minimum Gasteiger partial charge on any atom is -0.281 e. The first-order valence-electron chi connectivity index (χ1n) is 5.53. The molecule has 7 nitrogen and oxygen atoms in total. The maximum Gasteiger partial charge on any atom is 0.244 e. The molecular formula is C10H13ClN4O3S2. The molecule has 1 amide bonds. The molecule has 0 bridgehead atoms. The molecule has 0 aliphatic rings. The number of hydrazone groups is 1. The van der Waals surface area contributed by atoms with Gasteiger partial charge in [-0.3, -0.25) is 9.69 Å². The SMILES string of the molecule is CSC(=N[N+](=O)[O-])N(Cc1cnc(Cl)s1)C(=O)C(C)C. The van der Waals surface area contributed by atoms with E-state index < -0.39 is 5.03 Å². The summed E-state index contributed by atoms with van der Waals surface area (Å²) >= 11 is 8.01. The Bertz CT molecular complexity index is 532. The molecule has 0 saturated heterocycles. The van der Waals surface area contributed by atoms with Gasteiger partial charge in [-0.15, -0.1) is 11.3 Å². The maximum atomic E-state index is 12.2. The van der Waals surface area contributed by atoms with E-state index in [1.165, 1.54) is 22.4 Å². The molecule has 0 aromatic carbocycles. The number of carbonyl (C=O) groups is 1. The van der Waals surface area contributed by atoms with Gasteiger partial charge in [-0.1, -0.05) is 37.2 Å². The van der Waals surface area contributed by atoms with Crippen LogP contribution in [0.3, 0.4) is 0 Å². The summed E-state index contributed by atoms with van der Waals surface area (Å²) in [6.45, 7) is 3.60. The van der Waals surface area contributed by atoms with Crippen molar-refractivity contribution in [3.05, 3.63) is 25.7 Å². The first-order valence-corrected chi connectivity index (χ1v) is 7.95. The molecule has 10 heteroatoms. The molecule has 1 aromatic heterocycles. The molecule has 0 radical (unpaired) electrons. The molecule has 0 aliphatic carbocycles. The van der Waals surface area contributed by atoms with Crippen LogP contribution in [0.4, 0.5) is 0 Å². The van der Waals surface area contributed by atoms with Crippen LogP contribution in [0.2, 0.25) is 4.47 Å². The minimum atomic E-state index is -0.813. The van der Waals surface area contributed by atoms with Gasteiger partial charge in [-0.05, 0) is 6.26 Å². The number of hydrogen-bond acceptors (Lipinski definition) is 6. The standard InChI is InChI=1S/C10H13ClN4O3S2/c1-6(2)8(16)14(10(19-3)13-15(17)18)5-7-4-12-9(11)20-7/h4,6H,5H2,1-3H3. The zero-order valence-corrected chi connectivity index (χ0v) is 13.5. The van der Waals surface area contributed by atoms with E-state index in [0.717, 1.165) is 16.6 Å². The maximum absolute atomic E-state index is 12.2. The summed E-state index contributed by atoms with van der Waals surface area (Å²) < 4.78 is 0.355. The average Bonchev–Trinajstić information content (AvgIpc) is 2.77. The van der Waals surface area contributed by atoms with E-state index in [4.69, 9.17) is 11.6 Å². The Kier molecular flexibility index (Phi) is 6.37. The zero-order valence-electron chi connectivity index (χ0n) is 11.1. The van der Waals surface area contributed by atoms with Crippen LogP contribution in [0.1, 0.15) is 18.7 Å². The van der Waals surface area contributed by atoms with E-state index in [2.05, 4.69) is 10.1 Å². The second-order valence-corrected chi connectivity index (χ2v) is 6.45. The molecule has 110 valence electrons. The highest BCUT2D eigenvalue weighted by molar-refractivity contribution is 8.13. The molecule has 0 N–H and O–H groups in total. The van der Waals surface area contributed by atoms with Crippen molar-refractivity contribution in [2.24, 2.45) is 11.0 Å². The third-order valence-corrected chi connectivity index (χ3v) is 3.95. The van der Waals surface area contributed by atoms with Crippen molar-refractivity contribution in [3.8, 4) is 0 Å². The summed E-state index contributed by atoms with van der Waals surface area (Å²) in [5.41, 5.74) is 0. The van der Waals surface area contributed by atoms with Gasteiger partial charge in [0, 0.05) is 17.0 Å². The fourth-order valence-electron chi connectivity index (χ4n) is 1.34. The molecule has 0 aliphatic heterocycles. The first kappa shape index (κ1) is 16.9. The van der Waals surface area contributed by atoms with Gasteiger partial charge in [0.2, 0.25) is 11.1 Å². The fraction of sp³-hybridized carbons (Fsp3) is 0.500. The number of carbonyl (C=O) groups excluding carboxylic acids is 1. The van der Waals surface area contributed by atoms with Gasteiger partial charge in [0.1, 0.15) is 0 Å². The van der Waals surface area contributed by atoms with Crippen molar-refractivity contribution in [3.63, 3.8) is 0 Å². The molecule has 0 saturated carbocycles. The number of halogens is 1. The van der Waals surface area contributed by atoms with Crippen molar-refractivity contribution < 1.29 is 9.83 Å². The van der Waals surface area contributed by atoms with Crippen molar-refractivity contribution in [1.82, 2.24) is 9.88 Å². The largest absolute Gasteiger partial charge is 0.281 e. The highest BCUT2D eigenvalue weighted by Gasteiger charge is 2.25. The lowest BCUT2D eigenvalue weighted by atomic mass is 10.2. The lowest BCUT2D eigenvalue weighted by Gasteiger charge is -2.22. The van der Waals surface area contributed by atoms with Crippen LogP contribution in [-0.2, 0) is 11.3 Å². The quantitative estimate of drug-likeness (QED) is 0.365. The number of aromatic nitrogens is 1. The van der Waals surface area contributed by atoms with Crippen molar-refractivity contribution in [2.45, 2.75) is 20.4 Å². The molecule has 0 fully saturated rings. The Balaban J connectivity index is 3.07. The molecule has 0 atom stereocenters. The van der Waals surface area contributed by atoms with Gasteiger partial charge < -0.3 is 0 Å². The predicted molar refractivity (Wildman–Crippen MR) is 80.5 cm³/mol. The summed E-state index contributed by atoms with van der Waals surface area (Å²) in [6.07, 6.45) is 3.17. The number of thiazole rings is 1. The Morgan fingerprint density at radius 2 is 2.35 bits per heavy atom. The predicted octanol–water partition coefficient (Wildman–Crippen LogP) is 2.69. The third kappa shape index (κ3) is 4.73. The number of nitrogens with zero attached hydrogens (tertiary/aromatic N) is 4. The van der Waals surface area contributed by atoms with E-state index in [9.17, 15) is 14.9 Å². The number of amides is 1. The van der Waals surface area contributed by atoms with Crippen LogP contribution in [0.5, 0.6) is 0 Å². The Morgan fingerprint density at radius 3 is 2.75 bits per heavy atom. The lowest BCUT2D eigenvalue weighted by molar-refractivity contribution is -0.485. The van der Waals surface area contributed by atoms with Gasteiger partial charge in [0.15, 0.2) is 9.50 Å².